The fraction of sp³-hybridized carbons (Fsp3) is 0.316. The topological polar surface area (TPSA) is 65.9 Å². The highest BCUT2D eigenvalue weighted by molar-refractivity contribution is 5.79. The summed E-state index contributed by atoms with van der Waals surface area (Å²) in [6.07, 6.45) is 0.697. The zero-order chi connectivity index (χ0) is 18.8. The van der Waals surface area contributed by atoms with Crippen LogP contribution in [0, 0.1) is 11.6 Å². The minimum absolute atomic E-state index is 0.0130. The van der Waals surface area contributed by atoms with Crippen molar-refractivity contribution < 1.29 is 18.6 Å². The second-order valence-corrected chi connectivity index (χ2v) is 5.53. The van der Waals surface area contributed by atoms with E-state index >= 15 is 0 Å². The van der Waals surface area contributed by atoms with Gasteiger partial charge in [-0.05, 0) is 43.2 Å². The summed E-state index contributed by atoms with van der Waals surface area (Å²) in [5.41, 5.74) is 1.000. The van der Waals surface area contributed by atoms with E-state index in [2.05, 4.69) is 15.6 Å². The van der Waals surface area contributed by atoms with Gasteiger partial charge in [-0.15, -0.1) is 0 Å². The van der Waals surface area contributed by atoms with Crippen LogP contribution < -0.4 is 15.4 Å². The van der Waals surface area contributed by atoms with Crippen molar-refractivity contribution in [1.29, 1.82) is 0 Å². The van der Waals surface area contributed by atoms with Crippen molar-refractivity contribution in [3.63, 3.8) is 0 Å². The molecule has 0 atom stereocenters. The van der Waals surface area contributed by atoms with Gasteiger partial charge in [-0.3, -0.25) is 4.99 Å². The summed E-state index contributed by atoms with van der Waals surface area (Å²) in [6.45, 7) is 3.82. The van der Waals surface area contributed by atoms with E-state index < -0.39 is 11.6 Å². The van der Waals surface area contributed by atoms with Crippen LogP contribution >= 0.6 is 0 Å². The fourth-order valence-corrected chi connectivity index (χ4v) is 2.27. The van der Waals surface area contributed by atoms with Crippen molar-refractivity contribution in [2.75, 3.05) is 26.2 Å². The average molecular weight is 363 g/mol. The normalized spacial score (nSPS) is 11.3. The Morgan fingerprint density at radius 3 is 2.73 bits per heavy atom. The number of aromatic hydroxyl groups is 1. The van der Waals surface area contributed by atoms with Gasteiger partial charge in [0, 0.05) is 19.2 Å². The Kier molecular flexibility index (Phi) is 7.67. The number of hydrogen-bond acceptors (Lipinski definition) is 3. The van der Waals surface area contributed by atoms with Crippen molar-refractivity contribution in [2.24, 2.45) is 4.99 Å². The Morgan fingerprint density at radius 2 is 2.00 bits per heavy atom. The largest absolute Gasteiger partial charge is 0.508 e. The first kappa shape index (κ1) is 19.5. The molecule has 5 nitrogen and oxygen atoms in total. The molecular formula is C19H23F2N3O2. The molecule has 0 heterocycles. The van der Waals surface area contributed by atoms with Crippen molar-refractivity contribution in [3.8, 4) is 11.5 Å². The van der Waals surface area contributed by atoms with Gasteiger partial charge in [0.15, 0.2) is 17.5 Å². The Balaban J connectivity index is 1.77. The van der Waals surface area contributed by atoms with E-state index in [4.69, 9.17) is 4.74 Å². The molecule has 2 aromatic rings. The molecule has 2 aromatic carbocycles. The number of nitrogens with zero attached hydrogens (tertiary/aromatic N) is 1. The lowest BCUT2D eigenvalue weighted by Gasteiger charge is -2.12. The van der Waals surface area contributed by atoms with Gasteiger partial charge in [-0.1, -0.05) is 12.1 Å². The van der Waals surface area contributed by atoms with Crippen LogP contribution in [0.2, 0.25) is 0 Å². The molecule has 0 aliphatic carbocycles. The van der Waals surface area contributed by atoms with Gasteiger partial charge in [0.2, 0.25) is 0 Å². The number of aliphatic imine (C=N–C) groups is 1. The molecule has 0 saturated carbocycles. The quantitative estimate of drug-likeness (QED) is 0.383. The van der Waals surface area contributed by atoms with E-state index in [1.165, 1.54) is 6.07 Å². The van der Waals surface area contributed by atoms with E-state index in [9.17, 15) is 13.9 Å². The van der Waals surface area contributed by atoms with Crippen molar-refractivity contribution in [2.45, 2.75) is 13.3 Å². The Bertz CT molecular complexity index is 738. The molecule has 3 N–H and O–H groups in total. The molecule has 0 aromatic heterocycles. The minimum Gasteiger partial charge on any atom is -0.508 e. The van der Waals surface area contributed by atoms with Gasteiger partial charge in [-0.2, -0.15) is 0 Å². The van der Waals surface area contributed by atoms with Gasteiger partial charge in [0.1, 0.15) is 18.2 Å². The van der Waals surface area contributed by atoms with Crippen LogP contribution in [-0.2, 0) is 6.42 Å². The maximum absolute atomic E-state index is 13.5. The maximum atomic E-state index is 13.5. The molecule has 0 spiro atoms. The number of hydrogen-bond donors (Lipinski definition) is 3. The number of phenols is 1. The first-order valence-electron chi connectivity index (χ1n) is 8.46. The number of halogens is 2. The highest BCUT2D eigenvalue weighted by Crippen LogP contribution is 2.17. The van der Waals surface area contributed by atoms with E-state index in [1.807, 2.05) is 13.0 Å². The smallest absolute Gasteiger partial charge is 0.191 e. The van der Waals surface area contributed by atoms with E-state index in [0.717, 1.165) is 17.7 Å². The molecular weight excluding hydrogens is 340 g/mol. The molecule has 0 aliphatic rings. The lowest BCUT2D eigenvalue weighted by Crippen LogP contribution is -2.39. The monoisotopic (exact) mass is 363 g/mol. The highest BCUT2D eigenvalue weighted by Gasteiger charge is 2.05. The van der Waals surface area contributed by atoms with Crippen LogP contribution in [0.5, 0.6) is 11.5 Å². The van der Waals surface area contributed by atoms with Crippen LogP contribution in [-0.4, -0.2) is 37.3 Å². The second-order valence-electron chi connectivity index (χ2n) is 5.53. The van der Waals surface area contributed by atoms with Crippen LogP contribution in [0.3, 0.4) is 0 Å². The van der Waals surface area contributed by atoms with Crippen molar-refractivity contribution >= 4 is 5.96 Å². The zero-order valence-electron chi connectivity index (χ0n) is 14.6. The molecule has 0 unspecified atom stereocenters. The van der Waals surface area contributed by atoms with E-state index in [-0.39, 0.29) is 18.1 Å². The van der Waals surface area contributed by atoms with Crippen LogP contribution in [0.15, 0.2) is 47.5 Å². The summed E-state index contributed by atoms with van der Waals surface area (Å²) < 4.78 is 31.6. The number of rotatable bonds is 8. The number of ether oxygens (including phenoxy) is 1. The summed E-state index contributed by atoms with van der Waals surface area (Å²) in [6, 6.07) is 10.3. The highest BCUT2D eigenvalue weighted by atomic mass is 19.1. The first-order chi connectivity index (χ1) is 12.6. The van der Waals surface area contributed by atoms with Crippen molar-refractivity contribution in [1.82, 2.24) is 10.6 Å². The fourth-order valence-electron chi connectivity index (χ4n) is 2.27. The molecule has 0 fully saturated rings. The summed E-state index contributed by atoms with van der Waals surface area (Å²) in [5.74, 6) is -0.491. The van der Waals surface area contributed by atoms with Crippen LogP contribution in [0.25, 0.3) is 0 Å². The molecule has 0 bridgehead atoms. The Morgan fingerprint density at radius 1 is 1.15 bits per heavy atom. The van der Waals surface area contributed by atoms with Gasteiger partial charge in [-0.25, -0.2) is 8.78 Å². The molecule has 0 aliphatic heterocycles. The molecule has 0 saturated heterocycles. The van der Waals surface area contributed by atoms with Gasteiger partial charge < -0.3 is 20.5 Å². The third-order valence-electron chi connectivity index (χ3n) is 3.47. The van der Waals surface area contributed by atoms with Crippen LogP contribution in [0.1, 0.15) is 12.5 Å². The lowest BCUT2D eigenvalue weighted by molar-refractivity contribution is 0.304. The number of nitrogens with one attached hydrogen (secondary N) is 2. The van der Waals surface area contributed by atoms with E-state index in [1.54, 1.807) is 18.2 Å². The molecule has 140 valence electrons. The molecule has 0 amide bonds. The van der Waals surface area contributed by atoms with Crippen molar-refractivity contribution in [3.05, 3.63) is 59.7 Å². The molecule has 0 radical (unpaired) electrons. The third-order valence-corrected chi connectivity index (χ3v) is 3.47. The Labute approximate surface area is 151 Å². The zero-order valence-corrected chi connectivity index (χ0v) is 14.6. The first-order valence-corrected chi connectivity index (χ1v) is 8.46. The summed E-state index contributed by atoms with van der Waals surface area (Å²) in [5, 5.41) is 15.7. The molecule has 7 heteroatoms. The summed E-state index contributed by atoms with van der Waals surface area (Å²) in [7, 11) is 0. The minimum atomic E-state index is -0.725. The standard InChI is InChI=1S/C19H23F2N3O2/c1-2-22-19(23-9-8-14-4-3-5-16(25)12-14)24-10-11-26-18-7-6-15(20)13-17(18)21/h3-7,12-13,25H,2,8-11H2,1H3,(H2,22,23,24). The predicted octanol–water partition coefficient (Wildman–Crippen LogP) is 2.85. The van der Waals surface area contributed by atoms with Crippen LogP contribution in [0.4, 0.5) is 8.78 Å². The molecule has 26 heavy (non-hydrogen) atoms. The number of phenolic OH excluding ortho intramolecular Hbond substituents is 1. The summed E-state index contributed by atoms with van der Waals surface area (Å²) in [4.78, 5) is 4.45. The Hall–Kier alpha value is -2.83. The second kappa shape index (κ2) is 10.2. The van der Waals surface area contributed by atoms with Gasteiger partial charge in [0.05, 0.1) is 6.54 Å². The van der Waals surface area contributed by atoms with E-state index in [0.29, 0.717) is 32.0 Å². The third kappa shape index (κ3) is 6.58. The predicted molar refractivity (Wildman–Crippen MR) is 97.6 cm³/mol. The lowest BCUT2D eigenvalue weighted by atomic mass is 10.1. The molecule has 2 rings (SSSR count). The van der Waals surface area contributed by atoms with Gasteiger partial charge >= 0.3 is 0 Å². The SMILES string of the molecule is CCNC(=NCCc1cccc(O)c1)NCCOc1ccc(F)cc1F. The maximum Gasteiger partial charge on any atom is 0.191 e. The van der Waals surface area contributed by atoms with Gasteiger partial charge in [0.25, 0.3) is 0 Å². The summed E-state index contributed by atoms with van der Waals surface area (Å²) >= 11 is 0. The average Bonchev–Trinajstić information content (AvgIpc) is 2.60. The number of benzene rings is 2. The number of guanidine groups is 1.